The van der Waals surface area contributed by atoms with Gasteiger partial charge in [0.1, 0.15) is 11.6 Å². The van der Waals surface area contributed by atoms with Gasteiger partial charge in [-0.2, -0.15) is 0 Å². The highest BCUT2D eigenvalue weighted by molar-refractivity contribution is 7.99. The number of nitrogens with zero attached hydrogens (tertiary/aromatic N) is 5. The Kier molecular flexibility index (Phi) is 7.18. The Morgan fingerprint density at radius 3 is 2.37 bits per heavy atom. The first kappa shape index (κ1) is 19.8. The van der Waals surface area contributed by atoms with Crippen LogP contribution in [-0.2, 0) is 0 Å². The summed E-state index contributed by atoms with van der Waals surface area (Å²) >= 11 is 1.67. The summed E-state index contributed by atoms with van der Waals surface area (Å²) in [5, 5.41) is 8.70. The summed E-state index contributed by atoms with van der Waals surface area (Å²) in [4.78, 5) is 14.1. The summed E-state index contributed by atoms with van der Waals surface area (Å²) in [7, 11) is 0. The van der Waals surface area contributed by atoms with Crippen LogP contribution in [0.4, 0.5) is 23.0 Å². The van der Waals surface area contributed by atoms with E-state index in [2.05, 4.69) is 70.5 Å². The van der Waals surface area contributed by atoms with Gasteiger partial charge in [-0.05, 0) is 43.9 Å². The summed E-state index contributed by atoms with van der Waals surface area (Å²) in [6, 6.07) is 10.6. The van der Waals surface area contributed by atoms with Gasteiger partial charge in [-0.3, -0.25) is 0 Å². The molecule has 6 nitrogen and oxygen atoms in total. The van der Waals surface area contributed by atoms with Gasteiger partial charge < -0.3 is 15.1 Å². The van der Waals surface area contributed by atoms with Crippen LogP contribution in [0.15, 0.2) is 35.5 Å². The SMILES string of the molecule is CCSc1nc(Nc2ccc(N(CC)CC)cc2)cc(N2CC[N]CC2)n1. The zero-order chi connectivity index (χ0) is 19.1. The normalized spacial score (nSPS) is 14.3. The molecule has 1 aliphatic heterocycles. The molecule has 27 heavy (non-hydrogen) atoms. The number of thioether (sulfide) groups is 1. The third-order valence-corrected chi connectivity index (χ3v) is 5.34. The van der Waals surface area contributed by atoms with E-state index in [0.717, 1.165) is 67.5 Å². The molecule has 7 heteroatoms. The van der Waals surface area contributed by atoms with E-state index in [-0.39, 0.29) is 0 Å². The second kappa shape index (κ2) is 9.80. The van der Waals surface area contributed by atoms with Gasteiger partial charge in [-0.1, -0.05) is 18.7 Å². The van der Waals surface area contributed by atoms with Crippen LogP contribution < -0.4 is 20.4 Å². The Labute approximate surface area is 166 Å². The van der Waals surface area contributed by atoms with E-state index >= 15 is 0 Å². The van der Waals surface area contributed by atoms with Gasteiger partial charge >= 0.3 is 0 Å². The molecule has 2 aromatic rings. The number of nitrogens with one attached hydrogen (secondary N) is 1. The van der Waals surface area contributed by atoms with Crippen molar-refractivity contribution in [3.63, 3.8) is 0 Å². The second-order valence-corrected chi connectivity index (χ2v) is 7.56. The summed E-state index contributed by atoms with van der Waals surface area (Å²) in [6.07, 6.45) is 0. The molecule has 0 atom stereocenters. The molecule has 1 radical (unpaired) electrons. The van der Waals surface area contributed by atoms with E-state index in [1.165, 1.54) is 5.69 Å². The van der Waals surface area contributed by atoms with Crippen LogP contribution in [0.25, 0.3) is 0 Å². The monoisotopic (exact) mass is 385 g/mol. The number of anilines is 4. The fourth-order valence-corrected chi connectivity index (χ4v) is 3.74. The fraction of sp³-hybridized carbons (Fsp3) is 0.500. The molecule has 0 spiro atoms. The largest absolute Gasteiger partial charge is 0.372 e. The van der Waals surface area contributed by atoms with E-state index in [4.69, 9.17) is 4.98 Å². The van der Waals surface area contributed by atoms with Crippen LogP contribution in [0.3, 0.4) is 0 Å². The number of aromatic nitrogens is 2. The van der Waals surface area contributed by atoms with E-state index in [9.17, 15) is 0 Å². The van der Waals surface area contributed by atoms with E-state index in [1.807, 2.05) is 6.07 Å². The maximum absolute atomic E-state index is 4.74. The highest BCUT2D eigenvalue weighted by Gasteiger charge is 2.15. The Hall–Kier alpha value is -1.99. The zero-order valence-electron chi connectivity index (χ0n) is 16.5. The fourth-order valence-electron chi connectivity index (χ4n) is 3.16. The Balaban J connectivity index is 1.79. The van der Waals surface area contributed by atoms with Crippen LogP contribution >= 0.6 is 11.8 Å². The maximum Gasteiger partial charge on any atom is 0.191 e. The van der Waals surface area contributed by atoms with Crippen molar-refractivity contribution < 1.29 is 0 Å². The minimum atomic E-state index is 0.819. The molecule has 145 valence electrons. The predicted molar refractivity (Wildman–Crippen MR) is 116 cm³/mol. The maximum atomic E-state index is 4.74. The number of hydrogen-bond donors (Lipinski definition) is 1. The molecule has 1 saturated heterocycles. The van der Waals surface area contributed by atoms with Gasteiger partial charge in [0.25, 0.3) is 0 Å². The standard InChI is InChI=1S/C20H29N6S/c1-4-25(5-2)17-9-7-16(8-10-17)22-18-15-19(24-20(23-18)27-6-3)26-13-11-21-12-14-26/h7-10,15H,4-6,11-14H2,1-3H3,(H,22,23,24). The molecule has 1 aromatic heterocycles. The second-order valence-electron chi connectivity index (χ2n) is 6.33. The first-order valence-electron chi connectivity index (χ1n) is 9.75. The van der Waals surface area contributed by atoms with Gasteiger partial charge in [-0.15, -0.1) is 0 Å². The summed E-state index contributed by atoms with van der Waals surface area (Å²) in [5.41, 5.74) is 2.28. The average Bonchev–Trinajstić information content (AvgIpc) is 2.71. The van der Waals surface area contributed by atoms with Crippen LogP contribution in [-0.4, -0.2) is 55.0 Å². The van der Waals surface area contributed by atoms with Crippen molar-refractivity contribution in [2.75, 3.05) is 60.1 Å². The van der Waals surface area contributed by atoms with Crippen molar-refractivity contribution in [2.24, 2.45) is 0 Å². The minimum absolute atomic E-state index is 0.819. The summed E-state index contributed by atoms with van der Waals surface area (Å²) in [5.74, 6) is 2.78. The van der Waals surface area contributed by atoms with Gasteiger partial charge in [0.15, 0.2) is 5.16 Å². The number of rotatable bonds is 8. The molecule has 0 unspecified atom stereocenters. The topological polar surface area (TPSA) is 58.4 Å². The molecule has 3 rings (SSSR count). The highest BCUT2D eigenvalue weighted by atomic mass is 32.2. The molecular weight excluding hydrogens is 356 g/mol. The molecule has 0 saturated carbocycles. The third kappa shape index (κ3) is 5.26. The summed E-state index contributed by atoms with van der Waals surface area (Å²) in [6.45, 7) is 12.1. The smallest absolute Gasteiger partial charge is 0.191 e. The van der Waals surface area contributed by atoms with Gasteiger partial charge in [0.2, 0.25) is 0 Å². The van der Waals surface area contributed by atoms with E-state index in [0.29, 0.717) is 0 Å². The van der Waals surface area contributed by atoms with Crippen LogP contribution in [0, 0.1) is 0 Å². The quantitative estimate of drug-likeness (QED) is 0.553. The first-order chi connectivity index (χ1) is 13.2. The molecule has 0 amide bonds. The lowest BCUT2D eigenvalue weighted by Gasteiger charge is -2.28. The molecule has 0 bridgehead atoms. The molecule has 1 aliphatic rings. The predicted octanol–water partition coefficient (Wildman–Crippen LogP) is 3.60. The van der Waals surface area contributed by atoms with Crippen LogP contribution in [0.1, 0.15) is 20.8 Å². The van der Waals surface area contributed by atoms with Crippen molar-refractivity contribution in [3.8, 4) is 0 Å². The molecule has 1 fully saturated rings. The molecule has 1 aromatic carbocycles. The zero-order valence-corrected chi connectivity index (χ0v) is 17.3. The van der Waals surface area contributed by atoms with Crippen molar-refractivity contribution >= 4 is 34.8 Å². The Morgan fingerprint density at radius 1 is 1.04 bits per heavy atom. The molecule has 1 N–H and O–H groups in total. The van der Waals surface area contributed by atoms with Gasteiger partial charge in [-0.25, -0.2) is 15.3 Å². The lowest BCUT2D eigenvalue weighted by atomic mass is 10.2. The molecular formula is C20H29N6S. The van der Waals surface area contributed by atoms with E-state index < -0.39 is 0 Å². The van der Waals surface area contributed by atoms with Gasteiger partial charge in [0, 0.05) is 56.7 Å². The molecule has 2 heterocycles. The number of benzene rings is 1. The van der Waals surface area contributed by atoms with Crippen LogP contribution in [0.2, 0.25) is 0 Å². The van der Waals surface area contributed by atoms with Gasteiger partial charge in [0.05, 0.1) is 0 Å². The van der Waals surface area contributed by atoms with Crippen LogP contribution in [0.5, 0.6) is 0 Å². The van der Waals surface area contributed by atoms with Crippen molar-refractivity contribution in [1.29, 1.82) is 0 Å². The minimum Gasteiger partial charge on any atom is -0.372 e. The lowest BCUT2D eigenvalue weighted by Crippen LogP contribution is -2.40. The van der Waals surface area contributed by atoms with Crippen molar-refractivity contribution in [1.82, 2.24) is 15.3 Å². The average molecular weight is 386 g/mol. The molecule has 0 aliphatic carbocycles. The first-order valence-corrected chi connectivity index (χ1v) is 10.7. The van der Waals surface area contributed by atoms with E-state index in [1.54, 1.807) is 11.8 Å². The summed E-state index contributed by atoms with van der Waals surface area (Å²) < 4.78 is 0. The Morgan fingerprint density at radius 2 is 1.74 bits per heavy atom. The lowest BCUT2D eigenvalue weighted by molar-refractivity contribution is 0.573. The van der Waals surface area contributed by atoms with Crippen molar-refractivity contribution in [3.05, 3.63) is 30.3 Å². The highest BCUT2D eigenvalue weighted by Crippen LogP contribution is 2.25. The third-order valence-electron chi connectivity index (χ3n) is 4.61. The van der Waals surface area contributed by atoms with Crippen molar-refractivity contribution in [2.45, 2.75) is 25.9 Å². The number of hydrogen-bond acceptors (Lipinski definition) is 6. The Bertz CT molecular complexity index is 711. The number of piperazine rings is 1.